The molecule has 0 aromatic rings. The van der Waals surface area contributed by atoms with Crippen LogP contribution in [-0.4, -0.2) is 325 Å². The number of ether oxygens (including phenoxy) is 17. The van der Waals surface area contributed by atoms with Crippen LogP contribution in [0.1, 0.15) is 334 Å². The Hall–Kier alpha value is -5.76. The van der Waals surface area contributed by atoms with Gasteiger partial charge in [-0.1, -0.05) is 207 Å². The molecule has 4 rings (SSSR count). The summed E-state index contributed by atoms with van der Waals surface area (Å²) in [5, 5.41) is 51.2. The third-order valence-corrected chi connectivity index (χ3v) is 29.1. The average molecular weight is 2130 g/mol. The molecule has 0 aromatic heterocycles. The molecule has 868 valence electrons. The molecule has 4 saturated heterocycles. The third kappa shape index (κ3) is 61.8. The number of nitrogens with zero attached hydrogens (tertiary/aromatic N) is 1. The first-order valence-corrected chi connectivity index (χ1v) is 58.1. The topological polar surface area (TPSA) is 395 Å². The van der Waals surface area contributed by atoms with Crippen molar-refractivity contribution < 1.29 is 125 Å². The average Bonchev–Trinajstić information content (AvgIpc) is 0.979. The number of carbonyl (C=O) groups is 6. The molecule has 6 amide bonds. The Labute approximate surface area is 904 Å². The standard InChI is InChI=1S/C117H209N7O26/c1-16-23-25-27-29-31-33-35-37-39-41-43-45-47-49-53-60-117(61-54-50-48-46-44-42-40-38-36-34-32-30-28-26-24-17-2)146-88-100(150-117)87-124(67-62-115(15,22-7)92(8)18-3)66-55-51-52-56-106(131)123-116(91-142-70-59-105(130)120-65-73-136-76-79-139-82-85-145-114-109(122-98(14)127)111(133)95(11)102(21-6)149-114)89-140-68-57-103(128)118-63-71-134-74-77-137-80-83-143-112-107(110(132)94(10)101(20-5)148-112)99(19-4)86-93(9)147-113(108(96(12)125)121-97(13)126)144-84-81-138-78-75-135-72-64-119-104(129)58-69-141-90-116/h4,18,29-32,35-38,92-96,99-102,107-114,125,132-133H,3,16-17,20-28,33-34,39-91H2,1-2,5-15H3,(H,118,128)(H,119,129)(H,120,130)(H,121,126)(H,122,127)(H,123,131). The largest absolute Gasteiger partial charge is 0.392 e. The van der Waals surface area contributed by atoms with Crippen molar-refractivity contribution >= 4 is 35.4 Å². The lowest BCUT2D eigenvalue weighted by Gasteiger charge is -2.45. The second-order valence-electron chi connectivity index (χ2n) is 41.8. The van der Waals surface area contributed by atoms with Gasteiger partial charge in [0.25, 0.3) is 0 Å². The number of hydrogen-bond acceptors (Lipinski definition) is 27. The molecule has 33 heteroatoms. The number of aliphatic hydroxyl groups excluding tert-OH is 3. The number of nitrogens with one attached hydrogen (secondary N) is 6. The second-order valence-corrected chi connectivity index (χ2v) is 41.8. The van der Waals surface area contributed by atoms with E-state index in [2.05, 4.69) is 139 Å². The predicted octanol–water partition coefficient (Wildman–Crippen LogP) is 16.2. The van der Waals surface area contributed by atoms with Gasteiger partial charge in [0.15, 0.2) is 24.7 Å². The van der Waals surface area contributed by atoms with Crippen molar-refractivity contribution in [2.75, 3.05) is 185 Å². The lowest BCUT2D eigenvalue weighted by molar-refractivity contribution is -0.276. The predicted molar refractivity (Wildman–Crippen MR) is 588 cm³/mol. The monoisotopic (exact) mass is 2130 g/mol. The maximum absolute atomic E-state index is 14.8. The summed E-state index contributed by atoms with van der Waals surface area (Å²) in [7, 11) is 0. The Morgan fingerprint density at radius 3 is 1.64 bits per heavy atom. The van der Waals surface area contributed by atoms with Gasteiger partial charge in [-0.3, -0.25) is 28.8 Å². The Morgan fingerprint density at radius 2 is 1.10 bits per heavy atom. The number of hydrogen-bond donors (Lipinski definition) is 9. The van der Waals surface area contributed by atoms with Crippen molar-refractivity contribution in [2.24, 2.45) is 35.0 Å². The lowest BCUT2D eigenvalue weighted by Crippen LogP contribution is -2.61. The van der Waals surface area contributed by atoms with Crippen LogP contribution in [0.25, 0.3) is 0 Å². The van der Waals surface area contributed by atoms with Crippen LogP contribution in [-0.2, 0) is 109 Å². The first-order valence-electron chi connectivity index (χ1n) is 58.1. The maximum Gasteiger partial charge on any atom is 0.222 e. The van der Waals surface area contributed by atoms with Crippen molar-refractivity contribution in [3.05, 3.63) is 61.3 Å². The van der Waals surface area contributed by atoms with Gasteiger partial charge in [0.1, 0.15) is 17.6 Å². The van der Waals surface area contributed by atoms with Crippen LogP contribution in [0.3, 0.4) is 0 Å². The maximum atomic E-state index is 14.8. The minimum atomic E-state index is -1.38. The Kier molecular flexibility index (Phi) is 78.5. The second kappa shape index (κ2) is 86.3. The molecule has 9 N–H and O–H groups in total. The van der Waals surface area contributed by atoms with E-state index in [9.17, 15) is 44.1 Å². The molecule has 4 aliphatic rings. The summed E-state index contributed by atoms with van der Waals surface area (Å²) in [6.07, 6.45) is 55.8. The lowest BCUT2D eigenvalue weighted by atomic mass is 9.73. The first kappa shape index (κ1) is 137. The number of fused-ring (bicyclic) bond motifs is 1. The van der Waals surface area contributed by atoms with E-state index in [1.54, 1.807) is 6.92 Å². The summed E-state index contributed by atoms with van der Waals surface area (Å²) >= 11 is 0. The number of terminal acetylenes is 1. The number of aliphatic hydroxyl groups is 3. The van der Waals surface area contributed by atoms with Crippen molar-refractivity contribution in [3.8, 4) is 12.3 Å². The first-order chi connectivity index (χ1) is 72.7. The fourth-order valence-corrected chi connectivity index (χ4v) is 19.3. The minimum absolute atomic E-state index is 0.00489. The van der Waals surface area contributed by atoms with Gasteiger partial charge < -0.3 is 133 Å². The molecule has 0 aromatic carbocycles. The van der Waals surface area contributed by atoms with Crippen LogP contribution in [0.15, 0.2) is 61.3 Å². The van der Waals surface area contributed by atoms with E-state index < -0.39 is 84.4 Å². The van der Waals surface area contributed by atoms with Gasteiger partial charge in [0, 0.05) is 96.3 Å². The van der Waals surface area contributed by atoms with E-state index in [4.69, 9.17) is 87.0 Å². The Morgan fingerprint density at radius 1 is 0.580 bits per heavy atom. The van der Waals surface area contributed by atoms with E-state index in [1.165, 1.54) is 124 Å². The molecule has 4 heterocycles. The number of allylic oxidation sites excluding steroid dienone is 9. The van der Waals surface area contributed by atoms with Gasteiger partial charge in [0.2, 0.25) is 35.4 Å². The van der Waals surface area contributed by atoms with Gasteiger partial charge in [-0.25, -0.2) is 0 Å². The highest BCUT2D eigenvalue weighted by Crippen LogP contribution is 2.41. The minimum Gasteiger partial charge on any atom is -0.392 e. The summed E-state index contributed by atoms with van der Waals surface area (Å²) in [6, 6.07) is -1.72. The number of carbonyl (C=O) groups excluding carboxylic acids is 6. The van der Waals surface area contributed by atoms with E-state index in [0.717, 1.165) is 110 Å². The van der Waals surface area contributed by atoms with Crippen LogP contribution in [0.4, 0.5) is 0 Å². The highest BCUT2D eigenvalue weighted by atomic mass is 16.7. The molecule has 4 fully saturated rings. The molecule has 19 atom stereocenters. The zero-order valence-electron chi connectivity index (χ0n) is 95.1. The zero-order valence-corrected chi connectivity index (χ0v) is 95.1. The zero-order chi connectivity index (χ0) is 109. The summed E-state index contributed by atoms with van der Waals surface area (Å²) in [5.74, 6) is -1.15. The molecule has 19 unspecified atom stereocenters. The van der Waals surface area contributed by atoms with Crippen molar-refractivity contribution in [1.82, 2.24) is 36.8 Å². The van der Waals surface area contributed by atoms with E-state index >= 15 is 0 Å². The highest BCUT2D eigenvalue weighted by molar-refractivity contribution is 5.78. The van der Waals surface area contributed by atoms with Crippen molar-refractivity contribution in [1.29, 1.82) is 0 Å². The molecular weight excluding hydrogens is 1920 g/mol. The van der Waals surface area contributed by atoms with Crippen LogP contribution >= 0.6 is 0 Å². The number of amides is 6. The molecule has 0 aliphatic carbocycles. The Bertz CT molecular complexity index is 3560. The van der Waals surface area contributed by atoms with Gasteiger partial charge in [-0.05, 0) is 154 Å². The van der Waals surface area contributed by atoms with Crippen LogP contribution < -0.4 is 31.9 Å². The van der Waals surface area contributed by atoms with Gasteiger partial charge in [-0.2, -0.15) is 0 Å². The van der Waals surface area contributed by atoms with Crippen molar-refractivity contribution in [3.63, 3.8) is 0 Å². The number of rotatable bonds is 66. The molecular formula is C117H209N7O26. The Balaban J connectivity index is 1.52. The van der Waals surface area contributed by atoms with Gasteiger partial charge in [-0.15, -0.1) is 18.9 Å². The SMILES string of the molecule is C#CC1CC(C)OC(C(NC(C)=O)C(C)O)OCCOCCOCCNC(=O)CCOCC(COCCC(=O)NCCOCCOCCOC2OC(CC)C(C)C(O)C2NC(C)=O)(NC(=O)CCCCCN(CCC(C)(CC)C(C)C=C)CC2COC(CCCCCCCCC=CCC=CCCCCC)(CCCCCCCCC=CCC=CCCCCC)O2)COCCC(=O)NCCOCCOCCOC2OC(CC)C(C)C(O)C12. The molecule has 0 spiro atoms. The fraction of sp³-hybridized carbons (Fsp3) is 0.846. The smallest absolute Gasteiger partial charge is 0.222 e. The molecule has 33 nitrogen and oxygen atoms in total. The summed E-state index contributed by atoms with van der Waals surface area (Å²) < 4.78 is 106. The summed E-state index contributed by atoms with van der Waals surface area (Å²) in [4.78, 5) is 82.2. The summed E-state index contributed by atoms with van der Waals surface area (Å²) in [6.45, 7) is 34.7. The number of unbranched alkanes of at least 4 members (excludes halogenated alkanes) is 20. The van der Waals surface area contributed by atoms with Crippen molar-refractivity contribution in [2.45, 2.75) is 419 Å². The molecule has 4 aliphatic heterocycles. The highest BCUT2D eigenvalue weighted by Gasteiger charge is 2.49. The van der Waals surface area contributed by atoms with Gasteiger partial charge >= 0.3 is 0 Å². The van der Waals surface area contributed by atoms with E-state index in [1.807, 2.05) is 27.7 Å². The van der Waals surface area contributed by atoms with Crippen LogP contribution in [0.5, 0.6) is 0 Å². The molecule has 0 saturated carbocycles. The van der Waals surface area contributed by atoms with Crippen LogP contribution in [0.2, 0.25) is 0 Å². The fourth-order valence-electron chi connectivity index (χ4n) is 19.3. The molecule has 150 heavy (non-hydrogen) atoms. The molecule has 0 bridgehead atoms. The van der Waals surface area contributed by atoms with E-state index in [0.29, 0.717) is 31.8 Å². The summed E-state index contributed by atoms with van der Waals surface area (Å²) in [5.41, 5.74) is -1.35. The van der Waals surface area contributed by atoms with E-state index in [-0.39, 0.29) is 256 Å². The van der Waals surface area contributed by atoms with Crippen LogP contribution in [0, 0.1) is 47.3 Å². The molecule has 0 radical (unpaired) electrons. The normalized spacial score (nSPS) is 26.6. The van der Waals surface area contributed by atoms with Gasteiger partial charge in [0.05, 0.1) is 194 Å². The third-order valence-electron chi connectivity index (χ3n) is 29.1. The quantitative estimate of drug-likeness (QED) is 0.0155.